The fourth-order valence-corrected chi connectivity index (χ4v) is 2.63. The van der Waals surface area contributed by atoms with Gasteiger partial charge >= 0.3 is 0 Å². The van der Waals surface area contributed by atoms with Crippen molar-refractivity contribution in [1.29, 1.82) is 0 Å². The van der Waals surface area contributed by atoms with E-state index in [9.17, 15) is 5.11 Å². The minimum Gasteiger partial charge on any atom is -0.389 e. The zero-order valence-electron chi connectivity index (χ0n) is 13.4. The van der Waals surface area contributed by atoms with Crippen molar-refractivity contribution in [3.05, 3.63) is 34.9 Å². The molecule has 0 heterocycles. The Bertz CT molecular complexity index is 399. The molecule has 1 rings (SSSR count). The summed E-state index contributed by atoms with van der Waals surface area (Å²) in [5.41, 5.74) is 1.08. The summed E-state index contributed by atoms with van der Waals surface area (Å²) < 4.78 is 5.55. The van der Waals surface area contributed by atoms with Crippen molar-refractivity contribution in [3.8, 4) is 0 Å². The Labute approximate surface area is 133 Å². The molecule has 1 aromatic carbocycles. The van der Waals surface area contributed by atoms with Gasteiger partial charge in [-0.3, -0.25) is 0 Å². The van der Waals surface area contributed by atoms with Gasteiger partial charge in [0.15, 0.2) is 0 Å². The molecule has 0 radical (unpaired) electrons. The molecule has 1 aromatic rings. The highest BCUT2D eigenvalue weighted by atomic mass is 35.5. The van der Waals surface area contributed by atoms with Gasteiger partial charge in [0.1, 0.15) is 0 Å². The van der Waals surface area contributed by atoms with E-state index in [-0.39, 0.29) is 5.54 Å². The molecule has 0 aliphatic rings. The Morgan fingerprint density at radius 1 is 1.19 bits per heavy atom. The summed E-state index contributed by atoms with van der Waals surface area (Å²) in [5, 5.41) is 14.2. The maximum Gasteiger partial charge on any atom is 0.0898 e. The van der Waals surface area contributed by atoms with E-state index in [4.69, 9.17) is 16.3 Å². The van der Waals surface area contributed by atoms with Crippen molar-refractivity contribution in [3.63, 3.8) is 0 Å². The highest BCUT2D eigenvalue weighted by Gasteiger charge is 2.23. The van der Waals surface area contributed by atoms with E-state index in [1.54, 1.807) is 0 Å². The summed E-state index contributed by atoms with van der Waals surface area (Å²) in [4.78, 5) is 0. The second-order valence-corrected chi connectivity index (χ2v) is 5.89. The Balaban J connectivity index is 2.31. The van der Waals surface area contributed by atoms with E-state index in [2.05, 4.69) is 26.1 Å². The van der Waals surface area contributed by atoms with Crippen molar-refractivity contribution in [1.82, 2.24) is 5.32 Å². The normalized spacial score (nSPS) is 13.4. The zero-order chi connectivity index (χ0) is 15.7. The quantitative estimate of drug-likeness (QED) is 0.691. The largest absolute Gasteiger partial charge is 0.389 e. The van der Waals surface area contributed by atoms with Crippen LogP contribution in [0.5, 0.6) is 0 Å². The molecule has 0 aliphatic heterocycles. The van der Waals surface area contributed by atoms with E-state index in [1.807, 2.05) is 24.3 Å². The fourth-order valence-electron chi connectivity index (χ4n) is 2.44. The molecule has 120 valence electrons. The molecule has 0 aromatic heterocycles. The first kappa shape index (κ1) is 18.4. The first-order chi connectivity index (χ1) is 10.1. The summed E-state index contributed by atoms with van der Waals surface area (Å²) in [7, 11) is 0. The molecule has 3 nitrogen and oxygen atoms in total. The van der Waals surface area contributed by atoms with Crippen LogP contribution in [-0.2, 0) is 11.3 Å². The topological polar surface area (TPSA) is 41.5 Å². The molecule has 1 unspecified atom stereocenters. The average molecular weight is 314 g/mol. The van der Waals surface area contributed by atoms with Gasteiger partial charge in [0.2, 0.25) is 0 Å². The highest BCUT2D eigenvalue weighted by Crippen LogP contribution is 2.19. The third-order valence-electron chi connectivity index (χ3n) is 4.27. The lowest BCUT2D eigenvalue weighted by atomic mass is 9.90. The fraction of sp³-hybridized carbons (Fsp3) is 0.647. The molecule has 0 saturated carbocycles. The van der Waals surface area contributed by atoms with E-state index >= 15 is 0 Å². The molecule has 0 fully saturated rings. The predicted molar refractivity (Wildman–Crippen MR) is 88.7 cm³/mol. The second kappa shape index (κ2) is 9.42. The SMILES string of the molecule is CCC(CC)(CC)NCC(O)COCc1ccccc1Cl. The number of β-amino-alcohol motifs (C(OH)–C–C–N with tert-alkyl or cyclic N) is 1. The Morgan fingerprint density at radius 2 is 1.81 bits per heavy atom. The maximum absolute atomic E-state index is 10.0. The van der Waals surface area contributed by atoms with Crippen molar-refractivity contribution in [2.24, 2.45) is 0 Å². The third-order valence-corrected chi connectivity index (χ3v) is 4.64. The number of aliphatic hydroxyl groups is 1. The summed E-state index contributed by atoms with van der Waals surface area (Å²) in [6.07, 6.45) is 2.68. The van der Waals surface area contributed by atoms with Crippen LogP contribution < -0.4 is 5.32 Å². The number of benzene rings is 1. The molecule has 0 aliphatic carbocycles. The van der Waals surface area contributed by atoms with Gasteiger partial charge in [-0.25, -0.2) is 0 Å². The summed E-state index contributed by atoms with van der Waals surface area (Å²) in [5.74, 6) is 0. The summed E-state index contributed by atoms with van der Waals surface area (Å²) >= 11 is 6.06. The molecule has 0 saturated heterocycles. The Kier molecular flexibility index (Phi) is 8.27. The molecular formula is C17H28ClNO2. The van der Waals surface area contributed by atoms with E-state index in [1.165, 1.54) is 0 Å². The summed E-state index contributed by atoms with van der Waals surface area (Å²) in [6.45, 7) is 7.83. The van der Waals surface area contributed by atoms with Gasteiger partial charge in [-0.05, 0) is 30.9 Å². The monoisotopic (exact) mass is 313 g/mol. The van der Waals surface area contributed by atoms with Crippen molar-refractivity contribution < 1.29 is 9.84 Å². The van der Waals surface area contributed by atoms with Crippen LogP contribution in [0.3, 0.4) is 0 Å². The standard InChI is InChI=1S/C17H28ClNO2/c1-4-17(5-2,6-3)19-11-15(20)13-21-12-14-9-7-8-10-16(14)18/h7-10,15,19-20H,4-6,11-13H2,1-3H3. The van der Waals surface area contributed by atoms with Gasteiger partial charge in [-0.1, -0.05) is 50.6 Å². The van der Waals surface area contributed by atoms with Crippen LogP contribution in [0.25, 0.3) is 0 Å². The van der Waals surface area contributed by atoms with Gasteiger partial charge in [0.25, 0.3) is 0 Å². The molecule has 0 spiro atoms. The molecule has 1 atom stereocenters. The van der Waals surface area contributed by atoms with Gasteiger partial charge in [0, 0.05) is 17.1 Å². The van der Waals surface area contributed by atoms with Crippen LogP contribution in [0, 0.1) is 0 Å². The molecule has 0 amide bonds. The molecule has 4 heteroatoms. The second-order valence-electron chi connectivity index (χ2n) is 5.48. The van der Waals surface area contributed by atoms with Crippen molar-refractivity contribution >= 4 is 11.6 Å². The molecule has 0 bridgehead atoms. The van der Waals surface area contributed by atoms with E-state index in [0.29, 0.717) is 24.8 Å². The van der Waals surface area contributed by atoms with Gasteiger partial charge in [-0.2, -0.15) is 0 Å². The lowest BCUT2D eigenvalue weighted by Crippen LogP contribution is -2.47. The average Bonchev–Trinajstić information content (AvgIpc) is 2.51. The molecular weight excluding hydrogens is 286 g/mol. The van der Waals surface area contributed by atoms with Crippen LogP contribution >= 0.6 is 11.6 Å². The Morgan fingerprint density at radius 3 is 2.38 bits per heavy atom. The minimum atomic E-state index is -0.503. The maximum atomic E-state index is 10.0. The molecule has 2 N–H and O–H groups in total. The van der Waals surface area contributed by atoms with Crippen molar-refractivity contribution in [2.45, 2.75) is 58.3 Å². The lowest BCUT2D eigenvalue weighted by molar-refractivity contribution is 0.0241. The summed E-state index contributed by atoms with van der Waals surface area (Å²) in [6, 6.07) is 7.60. The van der Waals surface area contributed by atoms with Crippen LogP contribution in [0.1, 0.15) is 45.6 Å². The number of nitrogens with one attached hydrogen (secondary N) is 1. The third kappa shape index (κ3) is 5.95. The lowest BCUT2D eigenvalue weighted by Gasteiger charge is -2.33. The first-order valence-electron chi connectivity index (χ1n) is 7.81. The molecule has 21 heavy (non-hydrogen) atoms. The Hall–Kier alpha value is -0.610. The van der Waals surface area contributed by atoms with Gasteiger partial charge in [0.05, 0.1) is 19.3 Å². The van der Waals surface area contributed by atoms with E-state index in [0.717, 1.165) is 24.8 Å². The number of hydrogen-bond donors (Lipinski definition) is 2. The van der Waals surface area contributed by atoms with Crippen LogP contribution in [0.15, 0.2) is 24.3 Å². The first-order valence-corrected chi connectivity index (χ1v) is 8.19. The number of rotatable bonds is 10. The van der Waals surface area contributed by atoms with Crippen LogP contribution in [0.2, 0.25) is 5.02 Å². The predicted octanol–water partition coefficient (Wildman–Crippen LogP) is 3.78. The minimum absolute atomic E-state index is 0.129. The van der Waals surface area contributed by atoms with Gasteiger partial charge in [-0.15, -0.1) is 0 Å². The number of ether oxygens (including phenoxy) is 1. The van der Waals surface area contributed by atoms with Gasteiger partial charge < -0.3 is 15.2 Å². The van der Waals surface area contributed by atoms with Crippen molar-refractivity contribution in [2.75, 3.05) is 13.2 Å². The zero-order valence-corrected chi connectivity index (χ0v) is 14.1. The highest BCUT2D eigenvalue weighted by molar-refractivity contribution is 6.31. The van der Waals surface area contributed by atoms with Crippen LogP contribution in [0.4, 0.5) is 0 Å². The number of aliphatic hydroxyl groups excluding tert-OH is 1. The smallest absolute Gasteiger partial charge is 0.0898 e. The van der Waals surface area contributed by atoms with E-state index < -0.39 is 6.10 Å². The number of hydrogen-bond acceptors (Lipinski definition) is 3. The number of halogens is 1. The van der Waals surface area contributed by atoms with Crippen LogP contribution in [-0.4, -0.2) is 29.9 Å².